The number of hydrogen-bond acceptors (Lipinski definition) is 5. The molecule has 2 rings (SSSR count). The van der Waals surface area contributed by atoms with Gasteiger partial charge in [-0.05, 0) is 19.2 Å². The minimum atomic E-state index is -0.0212. The van der Waals surface area contributed by atoms with Gasteiger partial charge in [0.25, 0.3) is 0 Å². The fraction of sp³-hybridized carbons (Fsp3) is 0.562. The number of rotatable bonds is 7. The molecular weight excluding hydrogens is 294 g/mol. The van der Waals surface area contributed by atoms with Crippen molar-refractivity contribution in [2.45, 2.75) is 12.8 Å². The van der Waals surface area contributed by atoms with Crippen molar-refractivity contribution in [2.75, 3.05) is 51.2 Å². The van der Waals surface area contributed by atoms with Gasteiger partial charge in [-0.3, -0.25) is 9.59 Å². The highest BCUT2D eigenvalue weighted by atomic mass is 16.2. The van der Waals surface area contributed by atoms with Crippen molar-refractivity contribution in [2.24, 2.45) is 0 Å². The lowest BCUT2D eigenvalue weighted by atomic mass is 10.2. The number of nitrogens with one attached hydrogen (secondary N) is 2. The predicted octanol–water partition coefficient (Wildman–Crippen LogP) is -0.154. The molecule has 7 nitrogen and oxygen atoms in total. The standard InChI is InChI=1S/C16H25N5O2/c1-17-8-5-15(22)19-9-6-16(23)21-12-10-20(11-13-21)14-4-2-3-7-18-14/h2-4,7,17H,5-6,8-13H2,1H3,(H,19,22). The maximum atomic E-state index is 12.2. The zero-order chi connectivity index (χ0) is 16.5. The topological polar surface area (TPSA) is 77.6 Å². The number of hydrogen-bond donors (Lipinski definition) is 2. The lowest BCUT2D eigenvalue weighted by Crippen LogP contribution is -2.49. The summed E-state index contributed by atoms with van der Waals surface area (Å²) in [5.41, 5.74) is 0. The molecular formula is C16H25N5O2. The van der Waals surface area contributed by atoms with Gasteiger partial charge < -0.3 is 20.4 Å². The Kier molecular flexibility index (Phi) is 6.80. The third kappa shape index (κ3) is 5.52. The number of carbonyl (C=O) groups excluding carboxylic acids is 2. The molecule has 0 aliphatic carbocycles. The average Bonchev–Trinajstić information content (AvgIpc) is 2.60. The molecule has 1 aliphatic rings. The molecule has 2 heterocycles. The molecule has 126 valence electrons. The van der Waals surface area contributed by atoms with Crippen LogP contribution < -0.4 is 15.5 Å². The van der Waals surface area contributed by atoms with E-state index >= 15 is 0 Å². The Morgan fingerprint density at radius 2 is 1.91 bits per heavy atom. The normalized spacial score (nSPS) is 14.7. The van der Waals surface area contributed by atoms with Crippen LogP contribution in [0.25, 0.3) is 0 Å². The van der Waals surface area contributed by atoms with Crippen LogP contribution in [0.5, 0.6) is 0 Å². The molecule has 0 atom stereocenters. The van der Waals surface area contributed by atoms with E-state index in [1.807, 2.05) is 23.1 Å². The Labute approximate surface area is 137 Å². The minimum Gasteiger partial charge on any atom is -0.356 e. The zero-order valence-electron chi connectivity index (χ0n) is 13.6. The van der Waals surface area contributed by atoms with Crippen LogP contribution in [0.15, 0.2) is 24.4 Å². The third-order valence-corrected chi connectivity index (χ3v) is 3.87. The Morgan fingerprint density at radius 1 is 1.13 bits per heavy atom. The Bertz CT molecular complexity index is 500. The predicted molar refractivity (Wildman–Crippen MR) is 89.2 cm³/mol. The van der Waals surface area contributed by atoms with Gasteiger partial charge in [0.15, 0.2) is 0 Å². The molecule has 0 bridgehead atoms. The first kappa shape index (κ1) is 17.2. The van der Waals surface area contributed by atoms with Gasteiger partial charge in [-0.25, -0.2) is 4.98 Å². The van der Waals surface area contributed by atoms with E-state index in [2.05, 4.69) is 20.5 Å². The molecule has 1 saturated heterocycles. The van der Waals surface area contributed by atoms with Crippen molar-refractivity contribution in [1.29, 1.82) is 0 Å². The number of aromatic nitrogens is 1. The van der Waals surface area contributed by atoms with E-state index in [1.54, 1.807) is 13.2 Å². The fourth-order valence-electron chi connectivity index (χ4n) is 2.52. The summed E-state index contributed by atoms with van der Waals surface area (Å²) in [5.74, 6) is 1.03. The molecule has 0 radical (unpaired) electrons. The smallest absolute Gasteiger partial charge is 0.224 e. The molecule has 7 heteroatoms. The molecule has 0 spiro atoms. The summed E-state index contributed by atoms with van der Waals surface area (Å²) in [6, 6.07) is 5.85. The van der Waals surface area contributed by atoms with Crippen LogP contribution >= 0.6 is 0 Å². The van der Waals surface area contributed by atoms with Crippen molar-refractivity contribution in [1.82, 2.24) is 20.5 Å². The van der Waals surface area contributed by atoms with Crippen LogP contribution in [0.1, 0.15) is 12.8 Å². The highest BCUT2D eigenvalue weighted by Crippen LogP contribution is 2.12. The molecule has 1 aliphatic heterocycles. The highest BCUT2D eigenvalue weighted by molar-refractivity contribution is 5.79. The number of anilines is 1. The monoisotopic (exact) mass is 319 g/mol. The summed E-state index contributed by atoms with van der Waals surface area (Å²) < 4.78 is 0. The molecule has 1 fully saturated rings. The van der Waals surface area contributed by atoms with Gasteiger partial charge >= 0.3 is 0 Å². The molecule has 0 saturated carbocycles. The van der Waals surface area contributed by atoms with E-state index in [1.165, 1.54) is 0 Å². The number of amides is 2. The van der Waals surface area contributed by atoms with E-state index < -0.39 is 0 Å². The van der Waals surface area contributed by atoms with Crippen LogP contribution in [-0.2, 0) is 9.59 Å². The van der Waals surface area contributed by atoms with E-state index in [4.69, 9.17) is 0 Å². The third-order valence-electron chi connectivity index (χ3n) is 3.87. The number of pyridine rings is 1. The minimum absolute atomic E-state index is 0.0212. The molecule has 1 aromatic heterocycles. The number of carbonyl (C=O) groups is 2. The largest absolute Gasteiger partial charge is 0.356 e. The van der Waals surface area contributed by atoms with E-state index in [-0.39, 0.29) is 11.8 Å². The van der Waals surface area contributed by atoms with E-state index in [9.17, 15) is 9.59 Å². The summed E-state index contributed by atoms with van der Waals surface area (Å²) >= 11 is 0. The highest BCUT2D eigenvalue weighted by Gasteiger charge is 2.21. The van der Waals surface area contributed by atoms with Crippen LogP contribution in [0.2, 0.25) is 0 Å². The maximum absolute atomic E-state index is 12.2. The van der Waals surface area contributed by atoms with Crippen molar-refractivity contribution in [3.8, 4) is 0 Å². The number of nitrogens with zero attached hydrogens (tertiary/aromatic N) is 3. The number of piperazine rings is 1. The van der Waals surface area contributed by atoms with Gasteiger partial charge in [0, 0.05) is 58.3 Å². The van der Waals surface area contributed by atoms with Gasteiger partial charge in [-0.15, -0.1) is 0 Å². The first-order valence-corrected chi connectivity index (χ1v) is 8.06. The first-order chi connectivity index (χ1) is 11.2. The second-order valence-electron chi connectivity index (χ2n) is 5.51. The van der Waals surface area contributed by atoms with Crippen molar-refractivity contribution in [3.05, 3.63) is 24.4 Å². The Balaban J connectivity index is 1.66. The van der Waals surface area contributed by atoms with Crippen molar-refractivity contribution in [3.63, 3.8) is 0 Å². The second-order valence-corrected chi connectivity index (χ2v) is 5.51. The Morgan fingerprint density at radius 3 is 2.57 bits per heavy atom. The summed E-state index contributed by atoms with van der Waals surface area (Å²) in [7, 11) is 1.81. The van der Waals surface area contributed by atoms with Crippen LogP contribution in [0.4, 0.5) is 5.82 Å². The lowest BCUT2D eigenvalue weighted by molar-refractivity contribution is -0.131. The van der Waals surface area contributed by atoms with Crippen molar-refractivity contribution < 1.29 is 9.59 Å². The fourth-order valence-corrected chi connectivity index (χ4v) is 2.52. The van der Waals surface area contributed by atoms with Gasteiger partial charge in [0.1, 0.15) is 5.82 Å². The zero-order valence-corrected chi connectivity index (χ0v) is 13.6. The molecule has 1 aromatic rings. The average molecular weight is 319 g/mol. The SMILES string of the molecule is CNCCC(=O)NCCC(=O)N1CCN(c2ccccn2)CC1. The summed E-state index contributed by atoms with van der Waals surface area (Å²) in [4.78, 5) is 32.0. The molecule has 0 aromatic carbocycles. The van der Waals surface area contributed by atoms with E-state index in [0.717, 1.165) is 18.9 Å². The van der Waals surface area contributed by atoms with E-state index in [0.29, 0.717) is 39.0 Å². The maximum Gasteiger partial charge on any atom is 0.224 e. The van der Waals surface area contributed by atoms with Crippen LogP contribution in [0.3, 0.4) is 0 Å². The van der Waals surface area contributed by atoms with Gasteiger partial charge in [0.2, 0.25) is 11.8 Å². The molecule has 2 amide bonds. The summed E-state index contributed by atoms with van der Waals surface area (Å²) in [6.07, 6.45) is 2.58. The molecule has 2 N–H and O–H groups in total. The quantitative estimate of drug-likeness (QED) is 0.731. The summed E-state index contributed by atoms with van der Waals surface area (Å²) in [6.45, 7) is 4.03. The van der Waals surface area contributed by atoms with Gasteiger partial charge in [0.05, 0.1) is 0 Å². The van der Waals surface area contributed by atoms with Crippen LogP contribution in [-0.4, -0.2) is 68.0 Å². The first-order valence-electron chi connectivity index (χ1n) is 8.06. The lowest BCUT2D eigenvalue weighted by Gasteiger charge is -2.35. The van der Waals surface area contributed by atoms with Gasteiger partial charge in [-0.1, -0.05) is 6.07 Å². The molecule has 0 unspecified atom stereocenters. The Hall–Kier alpha value is -2.15. The van der Waals surface area contributed by atoms with Crippen LogP contribution in [0, 0.1) is 0 Å². The van der Waals surface area contributed by atoms with Gasteiger partial charge in [-0.2, -0.15) is 0 Å². The second kappa shape index (κ2) is 9.09. The van der Waals surface area contributed by atoms with Crippen molar-refractivity contribution >= 4 is 17.6 Å². The molecule has 23 heavy (non-hydrogen) atoms. The summed E-state index contributed by atoms with van der Waals surface area (Å²) in [5, 5.41) is 5.70.